The molecule has 0 bridgehead atoms. The normalized spacial score (nSPS) is 11.9. The maximum atomic E-state index is 12.7. The Kier molecular flexibility index (Phi) is 9.96. The van der Waals surface area contributed by atoms with Crippen molar-refractivity contribution in [2.24, 2.45) is 5.92 Å². The van der Waals surface area contributed by atoms with Crippen LogP contribution in [0, 0.1) is 5.92 Å². The molecule has 0 fully saturated rings. The highest BCUT2D eigenvalue weighted by atomic mass is 16.5. The van der Waals surface area contributed by atoms with Crippen LogP contribution in [0.2, 0.25) is 0 Å². The van der Waals surface area contributed by atoms with E-state index in [1.54, 1.807) is 57.4 Å². The van der Waals surface area contributed by atoms with Crippen molar-refractivity contribution in [3.63, 3.8) is 0 Å². The number of carbonyl (C=O) groups excluding carboxylic acids is 2. The summed E-state index contributed by atoms with van der Waals surface area (Å²) in [5, 5.41) is 0. The number of nitrogens with zero attached hydrogens (tertiary/aromatic N) is 1. The van der Waals surface area contributed by atoms with Gasteiger partial charge in [0, 0.05) is 38.4 Å². The van der Waals surface area contributed by atoms with Gasteiger partial charge in [0.2, 0.25) is 5.91 Å². The van der Waals surface area contributed by atoms with Crippen molar-refractivity contribution < 1.29 is 28.5 Å². The van der Waals surface area contributed by atoms with Gasteiger partial charge in [-0.3, -0.25) is 9.59 Å². The summed E-state index contributed by atoms with van der Waals surface area (Å²) in [4.78, 5) is 26.0. The Morgan fingerprint density at radius 2 is 1.89 bits per heavy atom. The van der Waals surface area contributed by atoms with Gasteiger partial charge in [-0.2, -0.15) is 0 Å². The first-order chi connectivity index (χ1) is 13.0. The summed E-state index contributed by atoms with van der Waals surface area (Å²) >= 11 is 0. The van der Waals surface area contributed by atoms with E-state index in [0.717, 1.165) is 5.56 Å². The first kappa shape index (κ1) is 22.5. The fraction of sp³-hybridized carbons (Fsp3) is 0.500. The molecule has 150 valence electrons. The average Bonchev–Trinajstić information content (AvgIpc) is 2.70. The quantitative estimate of drug-likeness (QED) is 0.334. The average molecular weight is 379 g/mol. The number of ether oxygens (including phenoxy) is 4. The lowest BCUT2D eigenvalue weighted by molar-refractivity contribution is -0.146. The number of hydrogen-bond donors (Lipinski definition) is 0. The number of rotatable bonds is 11. The van der Waals surface area contributed by atoms with Gasteiger partial charge < -0.3 is 23.8 Å². The molecule has 0 heterocycles. The van der Waals surface area contributed by atoms with Crippen LogP contribution in [-0.2, 0) is 19.1 Å². The van der Waals surface area contributed by atoms with E-state index in [1.807, 2.05) is 0 Å². The number of methoxy groups -OCH3 is 4. The number of amides is 1. The van der Waals surface area contributed by atoms with Gasteiger partial charge in [0.1, 0.15) is 11.5 Å². The molecule has 1 rings (SSSR count). The second-order valence-electron chi connectivity index (χ2n) is 6.00. The second kappa shape index (κ2) is 12.0. The van der Waals surface area contributed by atoms with Crippen LogP contribution in [-0.4, -0.2) is 64.9 Å². The summed E-state index contributed by atoms with van der Waals surface area (Å²) in [5.41, 5.74) is 0.725. The van der Waals surface area contributed by atoms with Gasteiger partial charge >= 0.3 is 5.97 Å². The number of hydrogen-bond acceptors (Lipinski definition) is 6. The van der Waals surface area contributed by atoms with Crippen molar-refractivity contribution in [3.05, 3.63) is 29.8 Å². The zero-order chi connectivity index (χ0) is 20.2. The fourth-order valence-corrected chi connectivity index (χ4v) is 2.53. The van der Waals surface area contributed by atoms with Crippen molar-refractivity contribution in [1.29, 1.82) is 0 Å². The minimum absolute atomic E-state index is 0.202. The first-order valence-electron chi connectivity index (χ1n) is 8.72. The zero-order valence-electron chi connectivity index (χ0n) is 16.7. The Hall–Kier alpha value is -2.54. The Morgan fingerprint density at radius 3 is 2.48 bits per heavy atom. The molecule has 7 nitrogen and oxygen atoms in total. The van der Waals surface area contributed by atoms with E-state index in [4.69, 9.17) is 18.9 Å². The molecule has 1 unspecified atom stereocenters. The molecule has 1 amide bonds. The third-order valence-electron chi connectivity index (χ3n) is 4.03. The molecule has 1 aromatic rings. The number of esters is 1. The van der Waals surface area contributed by atoms with Gasteiger partial charge in [0.15, 0.2) is 0 Å². The van der Waals surface area contributed by atoms with E-state index in [2.05, 4.69) is 0 Å². The van der Waals surface area contributed by atoms with Gasteiger partial charge in [-0.25, -0.2) is 0 Å². The van der Waals surface area contributed by atoms with Gasteiger partial charge in [0.05, 0.1) is 27.2 Å². The lowest BCUT2D eigenvalue weighted by Crippen LogP contribution is -2.37. The van der Waals surface area contributed by atoms with Crippen LogP contribution in [0.15, 0.2) is 24.3 Å². The minimum Gasteiger partial charge on any atom is -0.497 e. The summed E-state index contributed by atoms with van der Waals surface area (Å²) in [6.07, 6.45) is 3.82. The third kappa shape index (κ3) is 7.30. The van der Waals surface area contributed by atoms with Crippen LogP contribution >= 0.6 is 0 Å². The van der Waals surface area contributed by atoms with Crippen LogP contribution in [0.5, 0.6) is 11.5 Å². The van der Waals surface area contributed by atoms with Crippen LogP contribution < -0.4 is 9.47 Å². The fourth-order valence-electron chi connectivity index (χ4n) is 2.53. The molecule has 27 heavy (non-hydrogen) atoms. The van der Waals surface area contributed by atoms with Gasteiger partial charge in [0.25, 0.3) is 0 Å². The second-order valence-corrected chi connectivity index (χ2v) is 6.00. The number of benzene rings is 1. The van der Waals surface area contributed by atoms with Crippen molar-refractivity contribution in [3.8, 4) is 11.5 Å². The minimum atomic E-state index is -0.416. The maximum Gasteiger partial charge on any atom is 0.310 e. The smallest absolute Gasteiger partial charge is 0.310 e. The highest BCUT2D eigenvalue weighted by molar-refractivity contribution is 5.92. The van der Waals surface area contributed by atoms with Crippen molar-refractivity contribution in [2.75, 3.05) is 48.1 Å². The molecule has 0 saturated carbocycles. The lowest BCUT2D eigenvalue weighted by atomic mass is 10.1. The monoisotopic (exact) mass is 379 g/mol. The molecule has 1 atom stereocenters. The predicted molar refractivity (Wildman–Crippen MR) is 103 cm³/mol. The van der Waals surface area contributed by atoms with Crippen LogP contribution in [0.25, 0.3) is 6.08 Å². The van der Waals surface area contributed by atoms with E-state index in [9.17, 15) is 9.59 Å². The molecule has 0 radical (unpaired) electrons. The van der Waals surface area contributed by atoms with Gasteiger partial charge in [-0.15, -0.1) is 0 Å². The molecular formula is C20H29NO6. The summed E-state index contributed by atoms with van der Waals surface area (Å²) in [7, 11) is 6.09. The SMILES string of the molecule is COCCCN(CC(C)C(=O)OC)C(=O)/C=C/c1cc(OC)ccc1OC. The van der Waals surface area contributed by atoms with Gasteiger partial charge in [-0.05, 0) is 30.7 Å². The van der Waals surface area contributed by atoms with Crippen molar-refractivity contribution in [1.82, 2.24) is 4.90 Å². The Balaban J connectivity index is 2.93. The molecule has 1 aromatic carbocycles. The molecule has 7 heteroatoms. The third-order valence-corrected chi connectivity index (χ3v) is 4.03. The number of carbonyl (C=O) groups is 2. The summed E-state index contributed by atoms with van der Waals surface area (Å²) in [6, 6.07) is 5.35. The summed E-state index contributed by atoms with van der Waals surface area (Å²) in [6.45, 7) is 3.02. The van der Waals surface area contributed by atoms with E-state index in [1.165, 1.54) is 13.2 Å². The molecule has 0 spiro atoms. The van der Waals surface area contributed by atoms with Crippen molar-refractivity contribution in [2.45, 2.75) is 13.3 Å². The molecule has 0 aliphatic rings. The lowest BCUT2D eigenvalue weighted by Gasteiger charge is -2.23. The standard InChI is InChI=1S/C20H29NO6/c1-15(20(23)27-5)14-21(11-6-12-24-2)19(22)10-7-16-13-17(25-3)8-9-18(16)26-4/h7-10,13,15H,6,11-12,14H2,1-5H3/b10-7+. The van der Waals surface area contributed by atoms with E-state index >= 15 is 0 Å². The zero-order valence-corrected chi connectivity index (χ0v) is 16.7. The highest BCUT2D eigenvalue weighted by Gasteiger charge is 2.20. The summed E-state index contributed by atoms with van der Waals surface area (Å²) in [5.74, 6) is 0.332. The molecule has 0 aliphatic carbocycles. The van der Waals surface area contributed by atoms with E-state index in [-0.39, 0.29) is 18.4 Å². The van der Waals surface area contributed by atoms with Gasteiger partial charge in [-0.1, -0.05) is 6.92 Å². The Labute approximate surface area is 160 Å². The Morgan fingerprint density at radius 1 is 1.15 bits per heavy atom. The molecule has 0 N–H and O–H groups in total. The highest BCUT2D eigenvalue weighted by Crippen LogP contribution is 2.25. The van der Waals surface area contributed by atoms with E-state index in [0.29, 0.717) is 31.1 Å². The predicted octanol–water partition coefficient (Wildman–Crippen LogP) is 2.39. The van der Waals surface area contributed by atoms with E-state index < -0.39 is 5.92 Å². The van der Waals surface area contributed by atoms with Crippen LogP contribution in [0.4, 0.5) is 0 Å². The largest absolute Gasteiger partial charge is 0.497 e. The van der Waals surface area contributed by atoms with Crippen LogP contribution in [0.1, 0.15) is 18.9 Å². The summed E-state index contributed by atoms with van der Waals surface area (Å²) < 4.78 is 20.3. The Bertz CT molecular complexity index is 643. The maximum absolute atomic E-state index is 12.7. The molecule has 0 saturated heterocycles. The molecular weight excluding hydrogens is 350 g/mol. The first-order valence-corrected chi connectivity index (χ1v) is 8.72. The van der Waals surface area contributed by atoms with Crippen LogP contribution in [0.3, 0.4) is 0 Å². The van der Waals surface area contributed by atoms with Crippen molar-refractivity contribution >= 4 is 18.0 Å². The molecule has 0 aromatic heterocycles. The topological polar surface area (TPSA) is 74.3 Å². The molecule has 0 aliphatic heterocycles.